The number of methoxy groups -OCH3 is 1. The van der Waals surface area contributed by atoms with Crippen molar-refractivity contribution in [2.45, 2.75) is 6.92 Å². The highest BCUT2D eigenvalue weighted by Gasteiger charge is 2.01. The molecule has 0 amide bonds. The van der Waals surface area contributed by atoms with Crippen molar-refractivity contribution in [3.05, 3.63) is 48.0 Å². The molecular weight excluding hydrogens is 214 g/mol. The average Bonchev–Trinajstić information content (AvgIpc) is 2.31. The van der Waals surface area contributed by atoms with Gasteiger partial charge in [0.25, 0.3) is 0 Å². The van der Waals surface area contributed by atoms with Gasteiger partial charge in [-0.25, -0.2) is 0 Å². The molecule has 3 heteroatoms. The van der Waals surface area contributed by atoms with Crippen molar-refractivity contribution in [2.24, 2.45) is 0 Å². The zero-order valence-electron chi connectivity index (χ0n) is 9.94. The number of aryl methyl sites for hydroxylation is 1. The van der Waals surface area contributed by atoms with Crippen LogP contribution in [0.5, 0.6) is 17.2 Å². The number of ether oxygens (including phenoxy) is 2. The molecule has 0 heterocycles. The lowest BCUT2D eigenvalue weighted by molar-refractivity contribution is 0.409. The van der Waals surface area contributed by atoms with Gasteiger partial charge in [0.05, 0.1) is 7.11 Å². The lowest BCUT2D eigenvalue weighted by Crippen LogP contribution is -1.91. The van der Waals surface area contributed by atoms with E-state index in [1.54, 1.807) is 25.3 Å². The Morgan fingerprint density at radius 1 is 0.882 bits per heavy atom. The Labute approximate surface area is 101 Å². The molecule has 2 rings (SSSR count). The van der Waals surface area contributed by atoms with Crippen LogP contribution in [-0.4, -0.2) is 7.11 Å². The first-order valence-corrected chi connectivity index (χ1v) is 5.36. The minimum atomic E-state index is 0.617. The maximum Gasteiger partial charge on any atom is 0.133 e. The molecule has 0 unspecified atom stereocenters. The van der Waals surface area contributed by atoms with Crippen molar-refractivity contribution in [1.29, 1.82) is 0 Å². The third kappa shape index (κ3) is 2.91. The Hall–Kier alpha value is -2.16. The van der Waals surface area contributed by atoms with E-state index in [0.717, 1.165) is 5.75 Å². The topological polar surface area (TPSA) is 44.5 Å². The predicted octanol–water partition coefficient (Wildman–Crippen LogP) is 3.38. The standard InChI is InChI=1S/C14H15NO2/c1-10-3-5-12(6-4-10)17-14-8-11(15)7-13(9-14)16-2/h3-9H,15H2,1-2H3. The lowest BCUT2D eigenvalue weighted by Gasteiger charge is -2.08. The fourth-order valence-electron chi connectivity index (χ4n) is 1.51. The Balaban J connectivity index is 2.23. The SMILES string of the molecule is COc1cc(N)cc(Oc2ccc(C)cc2)c1. The molecule has 0 aliphatic carbocycles. The second-order valence-electron chi connectivity index (χ2n) is 3.86. The molecule has 0 spiro atoms. The summed E-state index contributed by atoms with van der Waals surface area (Å²) in [5.74, 6) is 2.14. The minimum absolute atomic E-state index is 0.617. The second kappa shape index (κ2) is 4.78. The summed E-state index contributed by atoms with van der Waals surface area (Å²) in [5.41, 5.74) is 7.57. The van der Waals surface area contributed by atoms with Crippen LogP contribution in [0.15, 0.2) is 42.5 Å². The zero-order valence-corrected chi connectivity index (χ0v) is 9.94. The number of anilines is 1. The minimum Gasteiger partial charge on any atom is -0.497 e. The maximum absolute atomic E-state index is 5.75. The van der Waals surface area contributed by atoms with Crippen LogP contribution < -0.4 is 15.2 Å². The van der Waals surface area contributed by atoms with Crippen LogP contribution in [0.3, 0.4) is 0 Å². The number of hydrogen-bond acceptors (Lipinski definition) is 3. The molecule has 2 N–H and O–H groups in total. The van der Waals surface area contributed by atoms with Crippen molar-refractivity contribution in [2.75, 3.05) is 12.8 Å². The first kappa shape index (κ1) is 11.3. The van der Waals surface area contributed by atoms with E-state index in [4.69, 9.17) is 15.2 Å². The van der Waals surface area contributed by atoms with Gasteiger partial charge in [0.1, 0.15) is 17.2 Å². The smallest absolute Gasteiger partial charge is 0.133 e. The molecule has 2 aromatic rings. The molecule has 0 fully saturated rings. The summed E-state index contributed by atoms with van der Waals surface area (Å²) in [7, 11) is 1.60. The summed E-state index contributed by atoms with van der Waals surface area (Å²) in [4.78, 5) is 0. The molecule has 0 radical (unpaired) electrons. The molecule has 17 heavy (non-hydrogen) atoms. The molecular formula is C14H15NO2. The van der Waals surface area contributed by atoms with Gasteiger partial charge in [0.15, 0.2) is 0 Å². The summed E-state index contributed by atoms with van der Waals surface area (Å²) in [6, 6.07) is 13.2. The number of nitrogen functional groups attached to an aromatic ring is 1. The fourth-order valence-corrected chi connectivity index (χ4v) is 1.51. The summed E-state index contributed by atoms with van der Waals surface area (Å²) in [5, 5.41) is 0. The van der Waals surface area contributed by atoms with Crippen molar-refractivity contribution in [3.63, 3.8) is 0 Å². The molecule has 0 aliphatic heterocycles. The van der Waals surface area contributed by atoms with E-state index < -0.39 is 0 Å². The van der Waals surface area contributed by atoms with E-state index in [1.807, 2.05) is 31.2 Å². The maximum atomic E-state index is 5.75. The monoisotopic (exact) mass is 229 g/mol. The van der Waals surface area contributed by atoms with E-state index in [-0.39, 0.29) is 0 Å². The van der Waals surface area contributed by atoms with Crippen LogP contribution in [-0.2, 0) is 0 Å². The summed E-state index contributed by atoms with van der Waals surface area (Å²) in [6.07, 6.45) is 0. The van der Waals surface area contributed by atoms with Gasteiger partial charge in [-0.1, -0.05) is 17.7 Å². The summed E-state index contributed by atoms with van der Waals surface area (Å²) < 4.78 is 10.8. The molecule has 2 aromatic carbocycles. The van der Waals surface area contributed by atoms with E-state index in [1.165, 1.54) is 5.56 Å². The van der Waals surface area contributed by atoms with Crippen molar-refractivity contribution < 1.29 is 9.47 Å². The Morgan fingerprint density at radius 3 is 2.18 bits per heavy atom. The Bertz CT molecular complexity index is 506. The van der Waals surface area contributed by atoms with Gasteiger partial charge in [-0.05, 0) is 19.1 Å². The predicted molar refractivity (Wildman–Crippen MR) is 68.7 cm³/mol. The molecule has 0 bridgehead atoms. The normalized spacial score (nSPS) is 10.0. The molecule has 0 aromatic heterocycles. The third-order valence-corrected chi connectivity index (χ3v) is 2.39. The Kier molecular flexibility index (Phi) is 3.19. The van der Waals surface area contributed by atoms with Crippen LogP contribution in [0.4, 0.5) is 5.69 Å². The van der Waals surface area contributed by atoms with E-state index in [0.29, 0.717) is 17.2 Å². The Morgan fingerprint density at radius 2 is 1.53 bits per heavy atom. The van der Waals surface area contributed by atoms with E-state index in [9.17, 15) is 0 Å². The van der Waals surface area contributed by atoms with E-state index in [2.05, 4.69) is 0 Å². The summed E-state index contributed by atoms with van der Waals surface area (Å²) >= 11 is 0. The number of hydrogen-bond donors (Lipinski definition) is 1. The average molecular weight is 229 g/mol. The second-order valence-corrected chi connectivity index (χ2v) is 3.86. The first-order chi connectivity index (χ1) is 8.17. The molecule has 0 aliphatic rings. The van der Waals surface area contributed by atoms with Crippen LogP contribution in [0.2, 0.25) is 0 Å². The van der Waals surface area contributed by atoms with Crippen LogP contribution in [0.1, 0.15) is 5.56 Å². The molecule has 0 saturated carbocycles. The molecule has 3 nitrogen and oxygen atoms in total. The number of rotatable bonds is 3. The van der Waals surface area contributed by atoms with Gasteiger partial charge >= 0.3 is 0 Å². The van der Waals surface area contributed by atoms with Crippen LogP contribution >= 0.6 is 0 Å². The highest BCUT2D eigenvalue weighted by Crippen LogP contribution is 2.28. The first-order valence-electron chi connectivity index (χ1n) is 5.36. The zero-order chi connectivity index (χ0) is 12.3. The largest absolute Gasteiger partial charge is 0.497 e. The van der Waals surface area contributed by atoms with Gasteiger partial charge in [-0.15, -0.1) is 0 Å². The number of nitrogens with two attached hydrogens (primary N) is 1. The number of benzene rings is 2. The quantitative estimate of drug-likeness (QED) is 0.820. The van der Waals surface area contributed by atoms with Crippen LogP contribution in [0, 0.1) is 6.92 Å². The molecule has 0 saturated heterocycles. The molecule has 0 atom stereocenters. The van der Waals surface area contributed by atoms with E-state index >= 15 is 0 Å². The lowest BCUT2D eigenvalue weighted by atomic mass is 10.2. The van der Waals surface area contributed by atoms with Gasteiger partial charge in [-0.3, -0.25) is 0 Å². The molecule has 88 valence electrons. The van der Waals surface area contributed by atoms with Gasteiger partial charge in [0.2, 0.25) is 0 Å². The fraction of sp³-hybridized carbons (Fsp3) is 0.143. The van der Waals surface area contributed by atoms with Crippen LogP contribution in [0.25, 0.3) is 0 Å². The van der Waals surface area contributed by atoms with Gasteiger partial charge in [0, 0.05) is 23.9 Å². The van der Waals surface area contributed by atoms with Crippen molar-refractivity contribution >= 4 is 5.69 Å². The van der Waals surface area contributed by atoms with Crippen molar-refractivity contribution in [1.82, 2.24) is 0 Å². The van der Waals surface area contributed by atoms with Gasteiger partial charge < -0.3 is 15.2 Å². The highest BCUT2D eigenvalue weighted by molar-refractivity contribution is 5.51. The van der Waals surface area contributed by atoms with Crippen molar-refractivity contribution in [3.8, 4) is 17.2 Å². The van der Waals surface area contributed by atoms with Gasteiger partial charge in [-0.2, -0.15) is 0 Å². The highest BCUT2D eigenvalue weighted by atomic mass is 16.5. The summed E-state index contributed by atoms with van der Waals surface area (Å²) in [6.45, 7) is 2.04. The third-order valence-electron chi connectivity index (χ3n) is 2.39.